The average molecular weight is 207 g/mol. The molecule has 0 aliphatic heterocycles. The first-order chi connectivity index (χ1) is 7.01. The van der Waals surface area contributed by atoms with Crippen molar-refractivity contribution in [2.45, 2.75) is 39.7 Å². The molecule has 1 saturated carbocycles. The van der Waals surface area contributed by atoms with Gasteiger partial charge in [0, 0.05) is 18.5 Å². The lowest BCUT2D eigenvalue weighted by Gasteiger charge is -2.07. The Morgan fingerprint density at radius 3 is 2.87 bits per heavy atom. The fraction of sp³-hybridized carbons (Fsp3) is 0.636. The summed E-state index contributed by atoms with van der Waals surface area (Å²) in [6.45, 7) is 6.39. The van der Waals surface area contributed by atoms with Gasteiger partial charge >= 0.3 is 0 Å². The molecule has 2 rings (SSSR count). The smallest absolute Gasteiger partial charge is 0.252 e. The maximum atomic E-state index is 11.3. The van der Waals surface area contributed by atoms with Crippen molar-refractivity contribution >= 4 is 5.82 Å². The molecule has 0 radical (unpaired) electrons. The standard InChI is InChI=1S/C11H17N3O/c1-4-8-13-9(5-10(15)14-8)12-7-6-11(7,2)3/h5,7H,4,6H2,1-3H3,(H2,12,13,14,15). The summed E-state index contributed by atoms with van der Waals surface area (Å²) < 4.78 is 0. The summed E-state index contributed by atoms with van der Waals surface area (Å²) >= 11 is 0. The van der Waals surface area contributed by atoms with E-state index in [9.17, 15) is 4.79 Å². The SMILES string of the molecule is CCc1nc(NC2CC2(C)C)cc(=O)[nH]1. The van der Waals surface area contributed by atoms with Crippen molar-refractivity contribution in [3.63, 3.8) is 0 Å². The van der Waals surface area contributed by atoms with Crippen molar-refractivity contribution in [1.82, 2.24) is 9.97 Å². The minimum atomic E-state index is -0.0807. The van der Waals surface area contributed by atoms with Crippen molar-refractivity contribution in [2.24, 2.45) is 5.41 Å². The maximum absolute atomic E-state index is 11.3. The fourth-order valence-corrected chi connectivity index (χ4v) is 1.64. The predicted octanol–water partition coefficient (Wildman–Crippen LogP) is 1.54. The number of H-pyrrole nitrogens is 1. The largest absolute Gasteiger partial charge is 0.367 e. The van der Waals surface area contributed by atoms with Gasteiger partial charge in [0.25, 0.3) is 5.56 Å². The van der Waals surface area contributed by atoms with Crippen LogP contribution in [0.25, 0.3) is 0 Å². The van der Waals surface area contributed by atoms with Crippen molar-refractivity contribution in [1.29, 1.82) is 0 Å². The third kappa shape index (κ3) is 2.19. The normalized spacial score (nSPS) is 22.5. The lowest BCUT2D eigenvalue weighted by Crippen LogP contribution is -2.16. The van der Waals surface area contributed by atoms with E-state index in [0.29, 0.717) is 17.3 Å². The molecule has 0 aromatic carbocycles. The highest BCUT2D eigenvalue weighted by Crippen LogP contribution is 2.46. The average Bonchev–Trinajstić information content (AvgIpc) is 2.72. The summed E-state index contributed by atoms with van der Waals surface area (Å²) in [5.74, 6) is 1.44. The van der Waals surface area contributed by atoms with Gasteiger partial charge in [0.2, 0.25) is 0 Å². The zero-order valence-corrected chi connectivity index (χ0v) is 9.42. The molecule has 4 nitrogen and oxygen atoms in total. The molecule has 1 heterocycles. The van der Waals surface area contributed by atoms with Crippen LogP contribution in [0.15, 0.2) is 10.9 Å². The van der Waals surface area contributed by atoms with E-state index >= 15 is 0 Å². The van der Waals surface area contributed by atoms with E-state index in [1.165, 1.54) is 6.07 Å². The van der Waals surface area contributed by atoms with Crippen LogP contribution in [0, 0.1) is 5.41 Å². The molecule has 1 fully saturated rings. The fourth-order valence-electron chi connectivity index (χ4n) is 1.64. The van der Waals surface area contributed by atoms with Gasteiger partial charge in [-0.1, -0.05) is 20.8 Å². The molecule has 1 aromatic rings. The molecule has 0 spiro atoms. The van der Waals surface area contributed by atoms with Gasteiger partial charge in [-0.2, -0.15) is 0 Å². The number of aromatic nitrogens is 2. The summed E-state index contributed by atoms with van der Waals surface area (Å²) in [6, 6.07) is 1.98. The van der Waals surface area contributed by atoms with Gasteiger partial charge in [0.15, 0.2) is 0 Å². The van der Waals surface area contributed by atoms with E-state index in [1.807, 2.05) is 6.92 Å². The van der Waals surface area contributed by atoms with Crippen molar-refractivity contribution in [2.75, 3.05) is 5.32 Å². The molecule has 4 heteroatoms. The number of hydrogen-bond donors (Lipinski definition) is 2. The Morgan fingerprint density at radius 2 is 2.33 bits per heavy atom. The van der Waals surface area contributed by atoms with Gasteiger partial charge in [-0.15, -0.1) is 0 Å². The Hall–Kier alpha value is -1.32. The Labute approximate surface area is 89.1 Å². The Balaban J connectivity index is 2.15. The molecule has 1 atom stereocenters. The highest BCUT2D eigenvalue weighted by Gasteiger charge is 2.45. The number of aromatic amines is 1. The van der Waals surface area contributed by atoms with E-state index < -0.39 is 0 Å². The first kappa shape index (κ1) is 10.2. The molecule has 2 N–H and O–H groups in total. The zero-order chi connectivity index (χ0) is 11.1. The Kier molecular flexibility index (Phi) is 2.29. The summed E-state index contributed by atoms with van der Waals surface area (Å²) in [4.78, 5) is 18.3. The molecule has 1 aliphatic rings. The van der Waals surface area contributed by atoms with Gasteiger partial charge in [0.05, 0.1) is 0 Å². The predicted molar refractivity (Wildman–Crippen MR) is 60.0 cm³/mol. The van der Waals surface area contributed by atoms with Crippen LogP contribution in [-0.4, -0.2) is 16.0 Å². The van der Waals surface area contributed by atoms with Crippen LogP contribution in [0.1, 0.15) is 33.0 Å². The Morgan fingerprint density at radius 1 is 1.67 bits per heavy atom. The van der Waals surface area contributed by atoms with E-state index in [0.717, 1.165) is 18.7 Å². The second kappa shape index (κ2) is 3.36. The quantitative estimate of drug-likeness (QED) is 0.790. The second-order valence-corrected chi connectivity index (χ2v) is 4.82. The van der Waals surface area contributed by atoms with Crippen LogP contribution in [0.3, 0.4) is 0 Å². The van der Waals surface area contributed by atoms with Gasteiger partial charge in [-0.25, -0.2) is 4.98 Å². The molecule has 1 aliphatic carbocycles. The third-order valence-electron chi connectivity index (χ3n) is 2.96. The van der Waals surface area contributed by atoms with Crippen molar-refractivity contribution in [3.8, 4) is 0 Å². The molecule has 0 bridgehead atoms. The van der Waals surface area contributed by atoms with Gasteiger partial charge in [0.1, 0.15) is 11.6 Å². The molecule has 1 aromatic heterocycles. The van der Waals surface area contributed by atoms with E-state index in [1.54, 1.807) is 0 Å². The van der Waals surface area contributed by atoms with Crippen LogP contribution in [0.4, 0.5) is 5.82 Å². The molecule has 82 valence electrons. The number of anilines is 1. The molecule has 0 amide bonds. The minimum Gasteiger partial charge on any atom is -0.367 e. The van der Waals surface area contributed by atoms with E-state index in [2.05, 4.69) is 29.1 Å². The molecular formula is C11H17N3O. The van der Waals surface area contributed by atoms with Gasteiger partial charge in [-0.05, 0) is 11.8 Å². The monoisotopic (exact) mass is 207 g/mol. The van der Waals surface area contributed by atoms with Crippen LogP contribution < -0.4 is 10.9 Å². The van der Waals surface area contributed by atoms with Gasteiger partial charge < -0.3 is 10.3 Å². The van der Waals surface area contributed by atoms with Crippen LogP contribution in [0.5, 0.6) is 0 Å². The number of nitrogens with zero attached hydrogens (tertiary/aromatic N) is 1. The highest BCUT2D eigenvalue weighted by molar-refractivity contribution is 5.37. The topological polar surface area (TPSA) is 57.8 Å². The van der Waals surface area contributed by atoms with Crippen molar-refractivity contribution in [3.05, 3.63) is 22.2 Å². The highest BCUT2D eigenvalue weighted by atomic mass is 16.1. The lowest BCUT2D eigenvalue weighted by atomic mass is 10.2. The molecular weight excluding hydrogens is 190 g/mol. The third-order valence-corrected chi connectivity index (χ3v) is 2.96. The Bertz CT molecular complexity index is 422. The zero-order valence-electron chi connectivity index (χ0n) is 9.42. The van der Waals surface area contributed by atoms with Crippen LogP contribution in [0.2, 0.25) is 0 Å². The summed E-state index contributed by atoms with van der Waals surface area (Å²) in [5, 5.41) is 3.29. The van der Waals surface area contributed by atoms with Crippen LogP contribution >= 0.6 is 0 Å². The van der Waals surface area contributed by atoms with Crippen LogP contribution in [-0.2, 0) is 6.42 Å². The first-order valence-electron chi connectivity index (χ1n) is 5.38. The molecule has 0 saturated heterocycles. The van der Waals surface area contributed by atoms with E-state index in [-0.39, 0.29) is 5.56 Å². The summed E-state index contributed by atoms with van der Waals surface area (Å²) in [6.07, 6.45) is 1.89. The number of rotatable bonds is 3. The summed E-state index contributed by atoms with van der Waals surface area (Å²) in [5.41, 5.74) is 0.263. The number of nitrogens with one attached hydrogen (secondary N) is 2. The number of aryl methyl sites for hydroxylation is 1. The van der Waals surface area contributed by atoms with Crippen molar-refractivity contribution < 1.29 is 0 Å². The summed E-state index contributed by atoms with van der Waals surface area (Å²) in [7, 11) is 0. The minimum absolute atomic E-state index is 0.0807. The maximum Gasteiger partial charge on any atom is 0.252 e. The lowest BCUT2D eigenvalue weighted by molar-refractivity contribution is 0.629. The molecule has 1 unspecified atom stereocenters. The van der Waals surface area contributed by atoms with E-state index in [4.69, 9.17) is 0 Å². The number of hydrogen-bond acceptors (Lipinski definition) is 3. The molecule has 15 heavy (non-hydrogen) atoms. The van der Waals surface area contributed by atoms with Gasteiger partial charge in [-0.3, -0.25) is 4.79 Å². The second-order valence-electron chi connectivity index (χ2n) is 4.82. The first-order valence-corrected chi connectivity index (χ1v) is 5.38.